The highest BCUT2D eigenvalue weighted by molar-refractivity contribution is 6.76. The van der Waals surface area contributed by atoms with E-state index < -0.39 is 8.07 Å². The summed E-state index contributed by atoms with van der Waals surface area (Å²) >= 11 is 0. The number of nitrogens with two attached hydrogens (primary N) is 1. The second-order valence-corrected chi connectivity index (χ2v) is 12.6. The summed E-state index contributed by atoms with van der Waals surface area (Å²) in [5.41, 5.74) is 0. The molecule has 1 aromatic carbocycles. The SMILES string of the molecule is C=c1ccc(OC(C)C)c/c1=C/N(N)COCC[Si](C)(C)C. The zero-order valence-corrected chi connectivity index (χ0v) is 15.6. The lowest BCUT2D eigenvalue weighted by molar-refractivity contribution is 0.0710. The van der Waals surface area contributed by atoms with Crippen molar-refractivity contribution in [3.63, 3.8) is 0 Å². The van der Waals surface area contributed by atoms with Crippen molar-refractivity contribution in [2.45, 2.75) is 45.6 Å². The van der Waals surface area contributed by atoms with E-state index in [1.54, 1.807) is 5.01 Å². The second-order valence-electron chi connectivity index (χ2n) is 7.02. The topological polar surface area (TPSA) is 47.7 Å². The largest absolute Gasteiger partial charge is 0.491 e. The second kappa shape index (κ2) is 8.36. The first-order valence-corrected chi connectivity index (χ1v) is 11.4. The van der Waals surface area contributed by atoms with Crippen LogP contribution < -0.4 is 21.0 Å². The highest BCUT2D eigenvalue weighted by Gasteiger charge is 2.12. The number of ether oxygens (including phenoxy) is 2. The average molecular weight is 323 g/mol. The predicted molar refractivity (Wildman–Crippen MR) is 96.4 cm³/mol. The van der Waals surface area contributed by atoms with Crippen LogP contribution in [0.15, 0.2) is 18.2 Å². The van der Waals surface area contributed by atoms with Gasteiger partial charge in [0.25, 0.3) is 0 Å². The molecule has 1 aromatic rings. The molecule has 5 heteroatoms. The van der Waals surface area contributed by atoms with Crippen molar-refractivity contribution < 1.29 is 9.47 Å². The van der Waals surface area contributed by atoms with Crippen LogP contribution >= 0.6 is 0 Å². The Morgan fingerprint density at radius 1 is 1.32 bits per heavy atom. The van der Waals surface area contributed by atoms with E-state index in [0.29, 0.717) is 6.73 Å². The third-order valence-corrected chi connectivity index (χ3v) is 4.73. The molecule has 0 heterocycles. The maximum atomic E-state index is 5.97. The molecule has 0 aliphatic heterocycles. The zero-order valence-electron chi connectivity index (χ0n) is 14.6. The summed E-state index contributed by atoms with van der Waals surface area (Å²) in [5.74, 6) is 6.79. The molecule has 0 aromatic heterocycles. The molecule has 0 bridgehead atoms. The highest BCUT2D eigenvalue weighted by Crippen LogP contribution is 2.08. The first-order valence-electron chi connectivity index (χ1n) is 7.74. The van der Waals surface area contributed by atoms with E-state index in [9.17, 15) is 0 Å². The molecule has 1 rings (SSSR count). The molecular formula is C17H30N2O2Si. The first kappa shape index (κ1) is 18.7. The van der Waals surface area contributed by atoms with Gasteiger partial charge in [-0.05, 0) is 37.2 Å². The number of nitrogens with zero attached hydrogens (tertiary/aromatic N) is 1. The number of hydrogen-bond donors (Lipinski definition) is 1. The molecule has 0 unspecified atom stereocenters. The van der Waals surface area contributed by atoms with Gasteiger partial charge in [0.2, 0.25) is 0 Å². The van der Waals surface area contributed by atoms with Crippen LogP contribution in [0.2, 0.25) is 25.7 Å². The molecule has 124 valence electrons. The Hall–Kier alpha value is -1.30. The lowest BCUT2D eigenvalue weighted by atomic mass is 10.2. The third-order valence-electron chi connectivity index (χ3n) is 3.03. The number of hydrogen-bond acceptors (Lipinski definition) is 4. The van der Waals surface area contributed by atoms with Gasteiger partial charge in [-0.3, -0.25) is 5.01 Å². The van der Waals surface area contributed by atoms with E-state index in [1.165, 1.54) is 0 Å². The molecule has 0 aliphatic carbocycles. The zero-order chi connectivity index (χ0) is 16.8. The summed E-state index contributed by atoms with van der Waals surface area (Å²) in [7, 11) is -1.06. The smallest absolute Gasteiger partial charge is 0.132 e. The number of hydrazine groups is 1. The summed E-state index contributed by atoms with van der Waals surface area (Å²) in [6, 6.07) is 6.94. The van der Waals surface area contributed by atoms with Gasteiger partial charge >= 0.3 is 0 Å². The molecule has 0 amide bonds. The van der Waals surface area contributed by atoms with Gasteiger partial charge in [0.1, 0.15) is 12.5 Å². The standard InChI is InChI=1S/C17H30N2O2Si/c1-14(2)21-17-8-7-15(3)16(11-17)12-19(18)13-20-9-10-22(4,5)6/h7-8,11-12,14H,3,9-10,13,18H2,1-2,4-6H3/b16-12-. The van der Waals surface area contributed by atoms with Gasteiger partial charge in [-0.15, -0.1) is 0 Å². The van der Waals surface area contributed by atoms with E-state index in [4.69, 9.17) is 15.3 Å². The van der Waals surface area contributed by atoms with Crippen LogP contribution in [0.1, 0.15) is 13.8 Å². The van der Waals surface area contributed by atoms with E-state index in [1.807, 2.05) is 38.2 Å². The maximum absolute atomic E-state index is 5.97. The average Bonchev–Trinajstić information content (AvgIpc) is 2.37. The fourth-order valence-electron chi connectivity index (χ4n) is 1.80. The van der Waals surface area contributed by atoms with E-state index in [0.717, 1.165) is 28.8 Å². The Bertz CT molecular complexity index is 567. The van der Waals surface area contributed by atoms with Crippen molar-refractivity contribution in [2.75, 3.05) is 13.3 Å². The Balaban J connectivity index is 2.65. The van der Waals surface area contributed by atoms with E-state index in [-0.39, 0.29) is 6.10 Å². The van der Waals surface area contributed by atoms with Crippen molar-refractivity contribution in [2.24, 2.45) is 5.84 Å². The van der Waals surface area contributed by atoms with Crippen LogP contribution in [-0.4, -0.2) is 32.5 Å². The Morgan fingerprint density at radius 3 is 2.59 bits per heavy atom. The van der Waals surface area contributed by atoms with Crippen molar-refractivity contribution in [1.29, 1.82) is 0 Å². The van der Waals surface area contributed by atoms with Crippen LogP contribution in [0.5, 0.6) is 5.75 Å². The van der Waals surface area contributed by atoms with Crippen LogP contribution in [0.3, 0.4) is 0 Å². The molecule has 0 aliphatic rings. The van der Waals surface area contributed by atoms with Crippen LogP contribution in [0.4, 0.5) is 0 Å². The van der Waals surface area contributed by atoms with Crippen molar-refractivity contribution in [3.05, 3.63) is 28.6 Å². The lowest BCUT2D eigenvalue weighted by Crippen LogP contribution is -2.34. The van der Waals surface area contributed by atoms with Gasteiger partial charge in [-0.2, -0.15) is 0 Å². The Kier molecular flexibility index (Phi) is 7.12. The molecule has 4 nitrogen and oxygen atoms in total. The van der Waals surface area contributed by atoms with Gasteiger partial charge in [0, 0.05) is 26.1 Å². The minimum Gasteiger partial charge on any atom is -0.491 e. The fraction of sp³-hybridized carbons (Fsp3) is 0.529. The van der Waals surface area contributed by atoms with Gasteiger partial charge in [-0.1, -0.05) is 32.3 Å². The van der Waals surface area contributed by atoms with Crippen molar-refractivity contribution in [1.82, 2.24) is 5.01 Å². The molecule has 2 N–H and O–H groups in total. The first-order chi connectivity index (χ1) is 10.2. The quantitative estimate of drug-likeness (QED) is 0.262. The molecule has 0 saturated heterocycles. The van der Waals surface area contributed by atoms with Crippen LogP contribution in [-0.2, 0) is 4.74 Å². The van der Waals surface area contributed by atoms with Crippen molar-refractivity contribution in [3.8, 4) is 5.75 Å². The summed E-state index contributed by atoms with van der Waals surface area (Å²) in [5, 5.41) is 3.40. The minimum atomic E-state index is -1.06. The van der Waals surface area contributed by atoms with Gasteiger partial charge in [-0.25, -0.2) is 5.84 Å². The molecule has 0 spiro atoms. The molecule has 0 fully saturated rings. The normalized spacial score (nSPS) is 12.8. The number of rotatable bonds is 8. The summed E-state index contributed by atoms with van der Waals surface area (Å²) < 4.78 is 11.3. The highest BCUT2D eigenvalue weighted by atomic mass is 28.3. The number of benzene rings is 1. The van der Waals surface area contributed by atoms with E-state index >= 15 is 0 Å². The van der Waals surface area contributed by atoms with Crippen LogP contribution in [0, 0.1) is 0 Å². The van der Waals surface area contributed by atoms with Crippen molar-refractivity contribution >= 4 is 20.9 Å². The van der Waals surface area contributed by atoms with Gasteiger partial charge < -0.3 is 9.47 Å². The Labute approximate surface area is 135 Å². The monoisotopic (exact) mass is 322 g/mol. The molecule has 0 radical (unpaired) electrons. The molecule has 0 saturated carbocycles. The molecule has 22 heavy (non-hydrogen) atoms. The minimum absolute atomic E-state index is 0.141. The molecule has 0 atom stereocenters. The van der Waals surface area contributed by atoms with Gasteiger partial charge in [0.05, 0.1) is 6.10 Å². The summed E-state index contributed by atoms with van der Waals surface area (Å²) in [4.78, 5) is 0. The summed E-state index contributed by atoms with van der Waals surface area (Å²) in [6.07, 6.45) is 1.98. The van der Waals surface area contributed by atoms with Crippen LogP contribution in [0.25, 0.3) is 12.8 Å². The lowest BCUT2D eigenvalue weighted by Gasteiger charge is -2.18. The van der Waals surface area contributed by atoms with Gasteiger partial charge in [0.15, 0.2) is 0 Å². The summed E-state index contributed by atoms with van der Waals surface area (Å²) in [6.45, 7) is 16.1. The fourth-order valence-corrected chi connectivity index (χ4v) is 2.56. The third kappa shape index (κ3) is 7.63. The Morgan fingerprint density at radius 2 is 2.00 bits per heavy atom. The van der Waals surface area contributed by atoms with E-state index in [2.05, 4.69) is 26.2 Å². The molecular weight excluding hydrogens is 292 g/mol. The predicted octanol–water partition coefficient (Wildman–Crippen LogP) is 2.11. The maximum Gasteiger partial charge on any atom is 0.132 e.